The van der Waals surface area contributed by atoms with Crippen LogP contribution in [0.25, 0.3) is 6.08 Å². The summed E-state index contributed by atoms with van der Waals surface area (Å²) in [5.74, 6) is 0.128. The molecule has 3 rings (SSSR count). The molecule has 0 unspecified atom stereocenters. The van der Waals surface area contributed by atoms with Crippen LogP contribution in [0.1, 0.15) is 23.6 Å². The molecule has 0 radical (unpaired) electrons. The molecule has 0 aromatic heterocycles. The van der Waals surface area contributed by atoms with E-state index in [1.807, 2.05) is 44.2 Å². The Labute approximate surface area is 213 Å². The van der Waals surface area contributed by atoms with E-state index in [1.165, 1.54) is 6.08 Å². The van der Waals surface area contributed by atoms with Gasteiger partial charge < -0.3 is 14.8 Å². The molecule has 174 valence electrons. The first-order valence-corrected chi connectivity index (χ1v) is 11.5. The number of anilines is 1. The fraction of sp³-hybridized carbons (Fsp3) is 0.154. The third-order valence-electron chi connectivity index (χ3n) is 4.84. The smallest absolute Gasteiger partial charge is 0.266 e. The Morgan fingerprint density at radius 1 is 1.03 bits per heavy atom. The highest BCUT2D eigenvalue weighted by molar-refractivity contribution is 6.40. The Hall–Kier alpha value is -3.17. The Morgan fingerprint density at radius 2 is 1.74 bits per heavy atom. The van der Waals surface area contributed by atoms with Crippen LogP contribution in [0.15, 0.2) is 60.2 Å². The van der Waals surface area contributed by atoms with E-state index in [2.05, 4.69) is 5.32 Å². The molecule has 0 saturated carbocycles. The minimum absolute atomic E-state index is 0.164. The molecule has 3 aromatic carbocycles. The predicted molar refractivity (Wildman–Crippen MR) is 137 cm³/mol. The number of nitrogens with one attached hydrogen (secondary N) is 1. The lowest BCUT2D eigenvalue weighted by atomic mass is 10.1. The second-order valence-electron chi connectivity index (χ2n) is 7.20. The molecule has 0 saturated heterocycles. The number of benzene rings is 3. The average molecular weight is 516 g/mol. The van der Waals surface area contributed by atoms with Crippen LogP contribution in [-0.2, 0) is 11.4 Å². The number of nitrogens with zero attached hydrogens (tertiary/aromatic N) is 1. The van der Waals surface area contributed by atoms with Crippen molar-refractivity contribution in [3.8, 4) is 17.6 Å². The predicted octanol–water partition coefficient (Wildman–Crippen LogP) is 7.48. The Morgan fingerprint density at radius 3 is 2.38 bits per heavy atom. The fourth-order valence-corrected chi connectivity index (χ4v) is 3.88. The second-order valence-corrected chi connectivity index (χ2v) is 8.42. The van der Waals surface area contributed by atoms with Crippen molar-refractivity contribution in [2.24, 2.45) is 0 Å². The quantitative estimate of drug-likeness (QED) is 0.249. The molecule has 5 nitrogen and oxygen atoms in total. The van der Waals surface area contributed by atoms with E-state index in [0.29, 0.717) is 30.3 Å². The monoisotopic (exact) mass is 514 g/mol. The van der Waals surface area contributed by atoms with E-state index in [-0.39, 0.29) is 26.3 Å². The Kier molecular flexibility index (Phi) is 8.84. The van der Waals surface area contributed by atoms with Gasteiger partial charge in [0, 0.05) is 0 Å². The van der Waals surface area contributed by atoms with Crippen molar-refractivity contribution >= 4 is 52.5 Å². The van der Waals surface area contributed by atoms with Crippen LogP contribution >= 0.6 is 34.8 Å². The van der Waals surface area contributed by atoms with Crippen molar-refractivity contribution in [1.29, 1.82) is 5.26 Å². The fourth-order valence-electron chi connectivity index (χ4n) is 3.11. The third-order valence-corrected chi connectivity index (χ3v) is 5.75. The first-order valence-electron chi connectivity index (χ1n) is 10.3. The van der Waals surface area contributed by atoms with Crippen molar-refractivity contribution < 1.29 is 14.3 Å². The van der Waals surface area contributed by atoms with Gasteiger partial charge in [0.2, 0.25) is 0 Å². The normalized spacial score (nSPS) is 11.0. The summed E-state index contributed by atoms with van der Waals surface area (Å²) in [6, 6.07) is 17.9. The second kappa shape index (κ2) is 11.8. The van der Waals surface area contributed by atoms with Crippen LogP contribution in [0, 0.1) is 18.3 Å². The zero-order valence-corrected chi connectivity index (χ0v) is 20.8. The Balaban J connectivity index is 1.88. The van der Waals surface area contributed by atoms with E-state index in [1.54, 1.807) is 30.3 Å². The molecule has 34 heavy (non-hydrogen) atoms. The van der Waals surface area contributed by atoms with Crippen LogP contribution in [0.3, 0.4) is 0 Å². The third kappa shape index (κ3) is 6.24. The number of rotatable bonds is 8. The SMILES string of the molecule is CCOc1cc(/C=C(\C#N)C(=O)Nc2c(Cl)cccc2Cl)cc(Cl)c1OCc1ccccc1C. The van der Waals surface area contributed by atoms with E-state index < -0.39 is 5.91 Å². The highest BCUT2D eigenvalue weighted by Gasteiger charge is 2.17. The first-order chi connectivity index (χ1) is 16.3. The minimum atomic E-state index is -0.661. The molecule has 0 bridgehead atoms. The summed E-state index contributed by atoms with van der Waals surface area (Å²) in [4.78, 5) is 12.7. The number of ether oxygens (including phenoxy) is 2. The number of para-hydroxylation sites is 1. The summed E-state index contributed by atoms with van der Waals surface area (Å²) in [6.45, 7) is 4.53. The molecule has 0 aliphatic rings. The molecule has 0 heterocycles. The van der Waals surface area contributed by atoms with E-state index in [9.17, 15) is 10.1 Å². The van der Waals surface area contributed by atoms with Crippen LogP contribution < -0.4 is 14.8 Å². The van der Waals surface area contributed by atoms with Gasteiger partial charge in [-0.15, -0.1) is 0 Å². The van der Waals surface area contributed by atoms with Crippen molar-refractivity contribution in [3.05, 3.63) is 91.9 Å². The van der Waals surface area contributed by atoms with Gasteiger partial charge in [-0.05, 0) is 60.9 Å². The van der Waals surface area contributed by atoms with Gasteiger partial charge in [0.05, 0.1) is 27.4 Å². The summed E-state index contributed by atoms with van der Waals surface area (Å²) in [7, 11) is 0. The van der Waals surface area contributed by atoms with Crippen molar-refractivity contribution in [1.82, 2.24) is 0 Å². The number of halogens is 3. The maximum absolute atomic E-state index is 12.7. The number of hydrogen-bond donors (Lipinski definition) is 1. The number of amides is 1. The molecule has 1 N–H and O–H groups in total. The van der Waals surface area contributed by atoms with Gasteiger partial charge in [0.15, 0.2) is 11.5 Å². The van der Waals surface area contributed by atoms with Crippen molar-refractivity contribution in [2.75, 3.05) is 11.9 Å². The lowest BCUT2D eigenvalue weighted by molar-refractivity contribution is -0.112. The van der Waals surface area contributed by atoms with Crippen LogP contribution in [0.5, 0.6) is 11.5 Å². The molecule has 0 spiro atoms. The highest BCUT2D eigenvalue weighted by Crippen LogP contribution is 2.38. The molecular formula is C26H21Cl3N2O3. The van der Waals surface area contributed by atoms with E-state index >= 15 is 0 Å². The van der Waals surface area contributed by atoms with Gasteiger partial charge in [-0.1, -0.05) is 65.1 Å². The van der Waals surface area contributed by atoms with Gasteiger partial charge in [0.25, 0.3) is 5.91 Å². The number of hydrogen-bond acceptors (Lipinski definition) is 4. The number of carbonyl (C=O) groups is 1. The summed E-state index contributed by atoms with van der Waals surface area (Å²) < 4.78 is 11.7. The zero-order chi connectivity index (χ0) is 24.7. The van der Waals surface area contributed by atoms with Crippen LogP contribution in [-0.4, -0.2) is 12.5 Å². The summed E-state index contributed by atoms with van der Waals surface area (Å²) in [5.41, 5.74) is 2.67. The lowest BCUT2D eigenvalue weighted by Crippen LogP contribution is -2.14. The van der Waals surface area contributed by atoms with E-state index in [4.69, 9.17) is 44.3 Å². The molecule has 0 atom stereocenters. The average Bonchev–Trinajstić information content (AvgIpc) is 2.80. The van der Waals surface area contributed by atoms with Crippen molar-refractivity contribution in [2.45, 2.75) is 20.5 Å². The molecule has 8 heteroatoms. The van der Waals surface area contributed by atoms with Gasteiger partial charge >= 0.3 is 0 Å². The summed E-state index contributed by atoms with van der Waals surface area (Å²) in [6.07, 6.45) is 1.40. The van der Waals surface area contributed by atoms with Gasteiger partial charge in [-0.3, -0.25) is 4.79 Å². The molecule has 1 amide bonds. The minimum Gasteiger partial charge on any atom is -0.490 e. The standard InChI is InChI=1S/C26H21Cl3N2O3/c1-3-33-23-13-17(12-22(29)25(23)34-15-18-8-5-4-7-16(18)2)11-19(14-30)26(32)31-24-20(27)9-6-10-21(24)28/h4-13H,3,15H2,1-2H3,(H,31,32)/b19-11+. The molecular weight excluding hydrogens is 495 g/mol. The van der Waals surface area contributed by atoms with Crippen LogP contribution in [0.4, 0.5) is 5.69 Å². The van der Waals surface area contributed by atoms with Gasteiger partial charge in [0.1, 0.15) is 18.2 Å². The molecule has 0 aliphatic heterocycles. The van der Waals surface area contributed by atoms with Gasteiger partial charge in [-0.2, -0.15) is 5.26 Å². The zero-order valence-electron chi connectivity index (χ0n) is 18.5. The number of aryl methyl sites for hydroxylation is 1. The lowest BCUT2D eigenvalue weighted by Gasteiger charge is -2.15. The molecule has 3 aromatic rings. The highest BCUT2D eigenvalue weighted by atomic mass is 35.5. The molecule has 0 fully saturated rings. The van der Waals surface area contributed by atoms with Crippen molar-refractivity contribution in [3.63, 3.8) is 0 Å². The van der Waals surface area contributed by atoms with Gasteiger partial charge in [-0.25, -0.2) is 0 Å². The van der Waals surface area contributed by atoms with E-state index in [0.717, 1.165) is 11.1 Å². The maximum Gasteiger partial charge on any atom is 0.266 e. The maximum atomic E-state index is 12.7. The summed E-state index contributed by atoms with van der Waals surface area (Å²) >= 11 is 18.7. The topological polar surface area (TPSA) is 71.3 Å². The summed E-state index contributed by atoms with van der Waals surface area (Å²) in [5, 5.41) is 13.0. The van der Waals surface area contributed by atoms with Crippen LogP contribution in [0.2, 0.25) is 15.1 Å². The number of carbonyl (C=O) groups excluding carboxylic acids is 1. The largest absolute Gasteiger partial charge is 0.490 e. The molecule has 0 aliphatic carbocycles. The first kappa shape index (κ1) is 25.5. The number of nitriles is 1. The Bertz CT molecular complexity index is 1260.